The number of halogens is 1. The lowest BCUT2D eigenvalue weighted by Gasteiger charge is -2.36. The van der Waals surface area contributed by atoms with Crippen LogP contribution < -0.4 is 5.32 Å². The van der Waals surface area contributed by atoms with Crippen molar-refractivity contribution in [2.75, 3.05) is 11.9 Å². The molecule has 0 fully saturated rings. The summed E-state index contributed by atoms with van der Waals surface area (Å²) in [5, 5.41) is 4.28. The Morgan fingerprint density at radius 2 is 1.22 bits per heavy atom. The van der Waals surface area contributed by atoms with E-state index in [4.69, 9.17) is 21.1 Å². The summed E-state index contributed by atoms with van der Waals surface area (Å²) in [6, 6.07) is 54.0. The lowest BCUT2D eigenvalue weighted by molar-refractivity contribution is 0.00702. The molecule has 1 amide bonds. The van der Waals surface area contributed by atoms with Gasteiger partial charge in [-0.05, 0) is 91.4 Å². The molecule has 55 heavy (non-hydrogen) atoms. The number of amides is 1. The standard InChI is InChI=1S/C48H43ClN2O4/c1-47(2,3)55-46(53)41-33-40(49)26-27-42(41)50-45(52)44-32-36-31-35(34-17-8-4-9-18-34)25-28-43(36)51(44)29-16-30-54-48(37-19-10-5-11-20-37,38-21-12-6-13-22-38)39-23-14-7-15-24-39/h4-15,17-28,31-33H,16,29-30H2,1-3H3,(H,50,52). The van der Waals surface area contributed by atoms with E-state index in [0.717, 1.165) is 38.7 Å². The maximum atomic E-state index is 14.3. The molecular weight excluding hydrogens is 704 g/mol. The van der Waals surface area contributed by atoms with Crippen molar-refractivity contribution in [3.63, 3.8) is 0 Å². The second-order valence-corrected chi connectivity index (χ2v) is 14.9. The van der Waals surface area contributed by atoms with Crippen LogP contribution in [0.1, 0.15) is 64.7 Å². The van der Waals surface area contributed by atoms with Crippen molar-refractivity contribution < 1.29 is 19.1 Å². The normalized spacial score (nSPS) is 11.7. The van der Waals surface area contributed by atoms with Gasteiger partial charge in [0.1, 0.15) is 16.9 Å². The van der Waals surface area contributed by atoms with Crippen LogP contribution in [0.3, 0.4) is 0 Å². The zero-order chi connectivity index (χ0) is 38.4. The Hall–Kier alpha value is -5.95. The Morgan fingerprint density at radius 3 is 1.78 bits per heavy atom. The highest BCUT2D eigenvalue weighted by Crippen LogP contribution is 2.40. The predicted molar refractivity (Wildman–Crippen MR) is 222 cm³/mol. The molecule has 0 aliphatic rings. The molecule has 0 saturated carbocycles. The zero-order valence-electron chi connectivity index (χ0n) is 31.2. The second kappa shape index (κ2) is 16.2. The van der Waals surface area contributed by atoms with Crippen LogP contribution in [0.15, 0.2) is 164 Å². The second-order valence-electron chi connectivity index (χ2n) is 14.4. The number of nitrogens with zero attached hydrogens (tertiary/aromatic N) is 1. The zero-order valence-corrected chi connectivity index (χ0v) is 31.9. The van der Waals surface area contributed by atoms with Crippen LogP contribution in [0.2, 0.25) is 5.02 Å². The van der Waals surface area contributed by atoms with E-state index in [9.17, 15) is 9.59 Å². The third-order valence-electron chi connectivity index (χ3n) is 9.48. The fourth-order valence-corrected chi connectivity index (χ4v) is 7.21. The Kier molecular flexibility index (Phi) is 11.0. The quantitative estimate of drug-likeness (QED) is 0.0768. The molecule has 0 aliphatic carbocycles. The molecule has 1 heterocycles. The van der Waals surface area contributed by atoms with Gasteiger partial charge in [0, 0.05) is 22.5 Å². The largest absolute Gasteiger partial charge is 0.456 e. The van der Waals surface area contributed by atoms with E-state index in [1.807, 2.05) is 83.4 Å². The number of nitrogens with one attached hydrogen (secondary N) is 1. The first-order valence-corrected chi connectivity index (χ1v) is 18.8. The first-order valence-electron chi connectivity index (χ1n) is 18.5. The fraction of sp³-hybridized carbons (Fsp3) is 0.167. The van der Waals surface area contributed by atoms with Gasteiger partial charge in [-0.3, -0.25) is 4.79 Å². The fourth-order valence-electron chi connectivity index (χ4n) is 7.04. The Balaban J connectivity index is 1.23. The number of aryl methyl sites for hydroxylation is 1. The van der Waals surface area contributed by atoms with Crippen LogP contribution in [0.4, 0.5) is 5.69 Å². The van der Waals surface area contributed by atoms with Gasteiger partial charge in [0.15, 0.2) is 0 Å². The molecule has 7 rings (SSSR count). The summed E-state index contributed by atoms with van der Waals surface area (Å²) in [5.41, 5.74) is 5.46. The monoisotopic (exact) mass is 746 g/mol. The third-order valence-corrected chi connectivity index (χ3v) is 9.71. The number of fused-ring (bicyclic) bond motifs is 1. The van der Waals surface area contributed by atoms with E-state index in [2.05, 4.69) is 72.0 Å². The maximum absolute atomic E-state index is 14.3. The van der Waals surface area contributed by atoms with Gasteiger partial charge in [-0.25, -0.2) is 4.79 Å². The van der Waals surface area contributed by atoms with Crippen LogP contribution in [-0.2, 0) is 21.6 Å². The molecule has 0 saturated heterocycles. The van der Waals surface area contributed by atoms with Crippen molar-refractivity contribution >= 4 is 40.1 Å². The number of benzene rings is 6. The van der Waals surface area contributed by atoms with Gasteiger partial charge < -0.3 is 19.4 Å². The van der Waals surface area contributed by atoms with Gasteiger partial charge in [-0.1, -0.05) is 139 Å². The molecule has 0 bridgehead atoms. The van der Waals surface area contributed by atoms with Gasteiger partial charge in [0.05, 0.1) is 17.9 Å². The minimum atomic E-state index is -0.861. The molecule has 6 aromatic carbocycles. The number of ether oxygens (including phenoxy) is 2. The molecule has 0 unspecified atom stereocenters. The summed E-state index contributed by atoms with van der Waals surface area (Å²) in [6.07, 6.45) is 0.600. The van der Waals surface area contributed by atoms with Crippen molar-refractivity contribution in [3.8, 4) is 11.1 Å². The average molecular weight is 747 g/mol. The summed E-state index contributed by atoms with van der Waals surface area (Å²) in [7, 11) is 0. The first kappa shape index (κ1) is 37.4. The van der Waals surface area contributed by atoms with Crippen molar-refractivity contribution in [1.82, 2.24) is 4.57 Å². The molecule has 6 nitrogen and oxygen atoms in total. The number of carbonyl (C=O) groups excluding carboxylic acids is 2. The van der Waals surface area contributed by atoms with Gasteiger partial charge >= 0.3 is 5.97 Å². The average Bonchev–Trinajstić information content (AvgIpc) is 3.57. The molecule has 1 N–H and O–H groups in total. The number of carbonyl (C=O) groups is 2. The van der Waals surface area contributed by atoms with E-state index in [-0.39, 0.29) is 11.5 Å². The molecule has 0 spiro atoms. The van der Waals surface area contributed by atoms with Crippen molar-refractivity contribution in [2.45, 2.75) is 44.9 Å². The highest BCUT2D eigenvalue weighted by molar-refractivity contribution is 6.31. The van der Waals surface area contributed by atoms with Crippen LogP contribution >= 0.6 is 11.6 Å². The SMILES string of the molecule is CC(C)(C)OC(=O)c1cc(Cl)ccc1NC(=O)c1cc2cc(-c3ccccc3)ccc2n1CCCOC(c1ccccc1)(c1ccccc1)c1ccccc1. The number of aromatic nitrogens is 1. The predicted octanol–water partition coefficient (Wildman–Crippen LogP) is 11.6. The van der Waals surface area contributed by atoms with Crippen LogP contribution in [0, 0.1) is 0 Å². The van der Waals surface area contributed by atoms with E-state index < -0.39 is 17.2 Å². The summed E-state index contributed by atoms with van der Waals surface area (Å²) in [6.45, 7) is 6.27. The number of hydrogen-bond donors (Lipinski definition) is 1. The van der Waals surface area contributed by atoms with E-state index in [0.29, 0.717) is 36.0 Å². The summed E-state index contributed by atoms with van der Waals surface area (Å²) in [4.78, 5) is 27.5. The van der Waals surface area contributed by atoms with Crippen LogP contribution in [0.5, 0.6) is 0 Å². The number of rotatable bonds is 12. The van der Waals surface area contributed by atoms with Crippen molar-refractivity contribution in [1.29, 1.82) is 0 Å². The lowest BCUT2D eigenvalue weighted by Crippen LogP contribution is -2.33. The molecule has 0 radical (unpaired) electrons. The van der Waals surface area contributed by atoms with Gasteiger partial charge in [0.2, 0.25) is 0 Å². The van der Waals surface area contributed by atoms with E-state index in [1.165, 1.54) is 6.07 Å². The van der Waals surface area contributed by atoms with Gasteiger partial charge in [-0.15, -0.1) is 0 Å². The number of anilines is 1. The molecule has 276 valence electrons. The van der Waals surface area contributed by atoms with E-state index in [1.54, 1.807) is 32.9 Å². The lowest BCUT2D eigenvalue weighted by atomic mass is 9.80. The van der Waals surface area contributed by atoms with Crippen molar-refractivity contribution in [3.05, 3.63) is 197 Å². The Bertz CT molecular complexity index is 2310. The molecule has 7 aromatic rings. The summed E-state index contributed by atoms with van der Waals surface area (Å²) >= 11 is 6.31. The summed E-state index contributed by atoms with van der Waals surface area (Å²) in [5.74, 6) is -0.938. The number of hydrogen-bond acceptors (Lipinski definition) is 4. The Labute approximate surface area is 327 Å². The molecule has 0 aliphatic heterocycles. The third kappa shape index (κ3) is 8.26. The minimum Gasteiger partial charge on any atom is -0.456 e. The van der Waals surface area contributed by atoms with Crippen LogP contribution in [-0.4, -0.2) is 28.7 Å². The van der Waals surface area contributed by atoms with Crippen LogP contribution in [0.25, 0.3) is 22.0 Å². The molecule has 0 atom stereocenters. The van der Waals surface area contributed by atoms with Crippen molar-refractivity contribution in [2.24, 2.45) is 0 Å². The minimum absolute atomic E-state index is 0.178. The smallest absolute Gasteiger partial charge is 0.340 e. The first-order chi connectivity index (χ1) is 26.6. The molecule has 1 aromatic heterocycles. The Morgan fingerprint density at radius 1 is 0.655 bits per heavy atom. The maximum Gasteiger partial charge on any atom is 0.340 e. The van der Waals surface area contributed by atoms with Gasteiger partial charge in [-0.2, -0.15) is 0 Å². The molecule has 7 heteroatoms. The topological polar surface area (TPSA) is 69.6 Å². The van der Waals surface area contributed by atoms with Gasteiger partial charge in [0.25, 0.3) is 5.91 Å². The molecular formula is C48H43ClN2O4. The highest BCUT2D eigenvalue weighted by Gasteiger charge is 2.37. The number of esters is 1. The summed E-state index contributed by atoms with van der Waals surface area (Å²) < 4.78 is 14.8. The highest BCUT2D eigenvalue weighted by atomic mass is 35.5. The van der Waals surface area contributed by atoms with E-state index >= 15 is 0 Å².